The molecule has 1 aliphatic rings. The third kappa shape index (κ3) is 3.94. The molecule has 2 N–H and O–H groups in total. The van der Waals surface area contributed by atoms with Crippen molar-refractivity contribution in [3.8, 4) is 0 Å². The van der Waals surface area contributed by atoms with Crippen LogP contribution in [0.3, 0.4) is 0 Å². The molecule has 21 heavy (non-hydrogen) atoms. The Labute approximate surface area is 119 Å². The van der Waals surface area contributed by atoms with Crippen LogP contribution < -0.4 is 10.6 Å². The molecule has 1 aliphatic carbocycles. The van der Waals surface area contributed by atoms with Gasteiger partial charge in [0.05, 0.1) is 17.2 Å². The normalized spacial score (nSPS) is 15.1. The summed E-state index contributed by atoms with van der Waals surface area (Å²) in [5.74, 6) is -2.85. The van der Waals surface area contributed by atoms with E-state index in [0.29, 0.717) is 12.1 Å². The molecule has 6 nitrogen and oxygen atoms in total. The number of hydrogen-bond acceptors (Lipinski definition) is 4. The topological polar surface area (TPSA) is 84.3 Å². The molecule has 0 bridgehead atoms. The lowest BCUT2D eigenvalue weighted by molar-refractivity contribution is -0.387. The Morgan fingerprint density at radius 2 is 1.95 bits per heavy atom. The summed E-state index contributed by atoms with van der Waals surface area (Å²) in [4.78, 5) is 21.3. The molecule has 0 spiro atoms. The zero-order valence-electron chi connectivity index (χ0n) is 11.2. The lowest BCUT2D eigenvalue weighted by atomic mass is 10.2. The Kier molecular flexibility index (Phi) is 4.79. The molecule has 0 aliphatic heterocycles. The van der Waals surface area contributed by atoms with Crippen LogP contribution in [-0.2, 0) is 4.79 Å². The number of benzene rings is 1. The molecule has 114 valence electrons. The molecule has 1 amide bonds. The maximum absolute atomic E-state index is 13.5. The highest BCUT2D eigenvalue weighted by Gasteiger charge is 2.20. The van der Waals surface area contributed by atoms with E-state index in [1.54, 1.807) is 0 Å². The lowest BCUT2D eigenvalue weighted by Gasteiger charge is -2.12. The fraction of sp³-hybridized carbons (Fsp3) is 0.462. The average Bonchev–Trinajstić information content (AvgIpc) is 2.92. The monoisotopic (exact) mass is 299 g/mol. The van der Waals surface area contributed by atoms with E-state index >= 15 is 0 Å². The number of carbonyl (C=O) groups excluding carboxylic acids is 1. The molecule has 1 aromatic carbocycles. The Morgan fingerprint density at radius 1 is 1.29 bits per heavy atom. The summed E-state index contributed by atoms with van der Waals surface area (Å²) in [6.07, 6.45) is 4.20. The predicted molar refractivity (Wildman–Crippen MR) is 71.9 cm³/mol. The first-order valence-electron chi connectivity index (χ1n) is 6.64. The molecule has 0 atom stereocenters. The second kappa shape index (κ2) is 6.57. The van der Waals surface area contributed by atoms with E-state index < -0.39 is 33.8 Å². The number of carbonyl (C=O) groups is 1. The molecule has 0 heterocycles. The summed E-state index contributed by atoms with van der Waals surface area (Å²) < 4.78 is 26.7. The van der Waals surface area contributed by atoms with Crippen molar-refractivity contribution in [2.45, 2.75) is 31.7 Å². The number of rotatable bonds is 5. The minimum atomic E-state index is -1.28. The first-order chi connectivity index (χ1) is 9.97. The smallest absolute Gasteiger partial charge is 0.307 e. The van der Waals surface area contributed by atoms with Crippen molar-refractivity contribution in [3.05, 3.63) is 33.9 Å². The molecule has 0 saturated heterocycles. The van der Waals surface area contributed by atoms with Crippen molar-refractivity contribution < 1.29 is 18.5 Å². The van der Waals surface area contributed by atoms with Crippen LogP contribution in [0.15, 0.2) is 12.1 Å². The fourth-order valence-corrected chi connectivity index (χ4v) is 2.33. The zero-order chi connectivity index (χ0) is 15.4. The molecule has 1 saturated carbocycles. The summed E-state index contributed by atoms with van der Waals surface area (Å²) in [7, 11) is 0. The van der Waals surface area contributed by atoms with E-state index in [4.69, 9.17) is 0 Å². The van der Waals surface area contributed by atoms with E-state index in [1.165, 1.54) is 0 Å². The highest BCUT2D eigenvalue weighted by Crippen LogP contribution is 2.25. The van der Waals surface area contributed by atoms with Gasteiger partial charge < -0.3 is 10.6 Å². The standard InChI is InChI=1S/C13H15F2N3O3/c14-9-5-10(15)12(18(20)21)6-11(9)17-13(19)7-16-8-3-1-2-4-8/h5-6,8,16H,1-4,7H2,(H,17,19). The minimum absolute atomic E-state index is 0.0186. The number of hydrogen-bond donors (Lipinski definition) is 2. The molecule has 8 heteroatoms. The number of nitro groups is 1. The SMILES string of the molecule is O=C(CNC1CCCC1)Nc1cc([N+](=O)[O-])c(F)cc1F. The van der Waals surface area contributed by atoms with Crippen molar-refractivity contribution in [2.24, 2.45) is 0 Å². The molecular formula is C13H15F2N3O3. The number of nitrogens with zero attached hydrogens (tertiary/aromatic N) is 1. The maximum atomic E-state index is 13.5. The van der Waals surface area contributed by atoms with Crippen LogP contribution in [0.25, 0.3) is 0 Å². The molecule has 0 radical (unpaired) electrons. The number of nitro benzene ring substituents is 1. The average molecular weight is 299 g/mol. The van der Waals surface area contributed by atoms with Gasteiger partial charge in [-0.25, -0.2) is 4.39 Å². The van der Waals surface area contributed by atoms with Crippen molar-refractivity contribution in [1.29, 1.82) is 0 Å². The molecule has 0 aromatic heterocycles. The Bertz CT molecular complexity index is 560. The first kappa shape index (κ1) is 15.3. The summed E-state index contributed by atoms with van der Waals surface area (Å²) in [5.41, 5.74) is -1.28. The van der Waals surface area contributed by atoms with Gasteiger partial charge in [-0.3, -0.25) is 14.9 Å². The van der Waals surface area contributed by atoms with Crippen molar-refractivity contribution in [3.63, 3.8) is 0 Å². The Balaban J connectivity index is 1.99. The molecule has 1 fully saturated rings. The van der Waals surface area contributed by atoms with Gasteiger partial charge in [0.15, 0.2) is 0 Å². The maximum Gasteiger partial charge on any atom is 0.307 e. The fourth-order valence-electron chi connectivity index (χ4n) is 2.33. The van der Waals surface area contributed by atoms with Crippen LogP contribution in [0.1, 0.15) is 25.7 Å². The highest BCUT2D eigenvalue weighted by atomic mass is 19.1. The predicted octanol–water partition coefficient (Wildman–Crippen LogP) is 2.34. The second-order valence-electron chi connectivity index (χ2n) is 4.95. The second-order valence-corrected chi connectivity index (χ2v) is 4.95. The van der Waals surface area contributed by atoms with Gasteiger partial charge in [0.2, 0.25) is 11.7 Å². The lowest BCUT2D eigenvalue weighted by Crippen LogP contribution is -2.34. The number of amides is 1. The quantitative estimate of drug-likeness (QED) is 0.645. The number of nitrogens with one attached hydrogen (secondary N) is 2. The van der Waals surface area contributed by atoms with E-state index in [1.807, 2.05) is 0 Å². The van der Waals surface area contributed by atoms with Gasteiger partial charge >= 0.3 is 5.69 Å². The van der Waals surface area contributed by atoms with Crippen LogP contribution in [0.2, 0.25) is 0 Å². The van der Waals surface area contributed by atoms with Gasteiger partial charge in [-0.1, -0.05) is 12.8 Å². The molecule has 2 rings (SSSR count). The first-order valence-corrected chi connectivity index (χ1v) is 6.64. The van der Waals surface area contributed by atoms with Crippen LogP contribution in [0.4, 0.5) is 20.2 Å². The van der Waals surface area contributed by atoms with Crippen molar-refractivity contribution >= 4 is 17.3 Å². The minimum Gasteiger partial charge on any atom is -0.322 e. The van der Waals surface area contributed by atoms with Crippen molar-refractivity contribution in [1.82, 2.24) is 5.32 Å². The van der Waals surface area contributed by atoms with Gasteiger partial charge in [0.1, 0.15) is 5.82 Å². The third-order valence-corrected chi connectivity index (χ3v) is 3.41. The van der Waals surface area contributed by atoms with E-state index in [0.717, 1.165) is 25.7 Å². The summed E-state index contributed by atoms with van der Waals surface area (Å²) >= 11 is 0. The Morgan fingerprint density at radius 3 is 2.57 bits per heavy atom. The summed E-state index contributed by atoms with van der Waals surface area (Å²) in [6, 6.07) is 1.33. The van der Waals surface area contributed by atoms with Gasteiger partial charge in [0, 0.05) is 18.2 Å². The van der Waals surface area contributed by atoms with E-state index in [9.17, 15) is 23.7 Å². The van der Waals surface area contributed by atoms with Gasteiger partial charge in [-0.15, -0.1) is 0 Å². The largest absolute Gasteiger partial charge is 0.322 e. The number of halogens is 2. The van der Waals surface area contributed by atoms with Crippen LogP contribution in [-0.4, -0.2) is 23.4 Å². The van der Waals surface area contributed by atoms with Crippen LogP contribution in [0.5, 0.6) is 0 Å². The van der Waals surface area contributed by atoms with Gasteiger partial charge in [-0.05, 0) is 12.8 Å². The Hall–Kier alpha value is -2.09. The van der Waals surface area contributed by atoms with Gasteiger partial charge in [-0.2, -0.15) is 4.39 Å². The third-order valence-electron chi connectivity index (χ3n) is 3.41. The highest BCUT2D eigenvalue weighted by molar-refractivity contribution is 5.92. The van der Waals surface area contributed by atoms with E-state index in [-0.39, 0.29) is 12.6 Å². The van der Waals surface area contributed by atoms with Crippen molar-refractivity contribution in [2.75, 3.05) is 11.9 Å². The van der Waals surface area contributed by atoms with E-state index in [2.05, 4.69) is 10.6 Å². The summed E-state index contributed by atoms with van der Waals surface area (Å²) in [5, 5.41) is 15.8. The number of anilines is 1. The van der Waals surface area contributed by atoms with Crippen LogP contribution >= 0.6 is 0 Å². The zero-order valence-corrected chi connectivity index (χ0v) is 11.2. The van der Waals surface area contributed by atoms with Crippen LogP contribution in [0, 0.1) is 21.7 Å². The van der Waals surface area contributed by atoms with Gasteiger partial charge in [0.25, 0.3) is 0 Å². The molecule has 1 aromatic rings. The molecular weight excluding hydrogens is 284 g/mol. The summed E-state index contributed by atoms with van der Waals surface area (Å²) in [6.45, 7) is -0.0186. The molecule has 0 unspecified atom stereocenters.